The molecule has 0 aliphatic carbocycles. The molecule has 10 heteroatoms. The number of aryl methyl sites for hydroxylation is 1. The van der Waals surface area contributed by atoms with E-state index < -0.39 is 0 Å². The molecule has 2 amide bonds. The first kappa shape index (κ1) is 27.4. The predicted octanol–water partition coefficient (Wildman–Crippen LogP) is 3.52. The van der Waals surface area contributed by atoms with Gasteiger partial charge in [0.15, 0.2) is 0 Å². The van der Waals surface area contributed by atoms with Gasteiger partial charge in [0.25, 0.3) is 11.8 Å². The van der Waals surface area contributed by atoms with Crippen LogP contribution in [-0.4, -0.2) is 78.1 Å². The normalized spacial score (nSPS) is 17.9. The van der Waals surface area contributed by atoms with Crippen LogP contribution in [0.3, 0.4) is 0 Å². The van der Waals surface area contributed by atoms with E-state index in [0.29, 0.717) is 61.2 Å². The largest absolute Gasteiger partial charge is 0.495 e. The molecule has 0 saturated carbocycles. The summed E-state index contributed by atoms with van der Waals surface area (Å²) in [6, 6.07) is 11.0. The third kappa shape index (κ3) is 6.32. The summed E-state index contributed by atoms with van der Waals surface area (Å²) in [6.07, 6.45) is 8.41. The number of carbonyl (C=O) groups is 2. The van der Waals surface area contributed by atoms with Crippen molar-refractivity contribution in [2.75, 3.05) is 51.3 Å². The molecule has 210 valence electrons. The van der Waals surface area contributed by atoms with Crippen molar-refractivity contribution < 1.29 is 19.1 Å². The maximum Gasteiger partial charge on any atom is 0.255 e. The van der Waals surface area contributed by atoms with E-state index in [2.05, 4.69) is 25.2 Å². The molecule has 1 aromatic carbocycles. The molecule has 0 radical (unpaired) electrons. The van der Waals surface area contributed by atoms with E-state index in [1.807, 2.05) is 36.1 Å². The fourth-order valence-corrected chi connectivity index (χ4v) is 5.50. The number of hydrogen-bond acceptors (Lipinski definition) is 8. The third-order valence-electron chi connectivity index (χ3n) is 7.86. The number of piperidine rings is 1. The fraction of sp³-hybridized carbons (Fsp3) is 0.433. The zero-order valence-corrected chi connectivity index (χ0v) is 23.1. The zero-order chi connectivity index (χ0) is 28.0. The average Bonchev–Trinajstić information content (AvgIpc) is 3.00. The summed E-state index contributed by atoms with van der Waals surface area (Å²) in [4.78, 5) is 43.4. The van der Waals surface area contributed by atoms with Gasteiger partial charge in [-0.2, -0.15) is 0 Å². The minimum Gasteiger partial charge on any atom is -0.495 e. The summed E-state index contributed by atoms with van der Waals surface area (Å²) < 4.78 is 11.6. The topological polar surface area (TPSA) is 110 Å². The first-order chi connectivity index (χ1) is 19.5. The Hall–Kier alpha value is -4.21. The van der Waals surface area contributed by atoms with Crippen molar-refractivity contribution in [3.63, 3.8) is 0 Å². The number of aromatic nitrogens is 3. The first-order valence-corrected chi connectivity index (χ1v) is 13.8. The van der Waals surface area contributed by atoms with Crippen LogP contribution in [0.1, 0.15) is 52.2 Å². The van der Waals surface area contributed by atoms with Crippen LogP contribution in [0.5, 0.6) is 11.5 Å². The highest BCUT2D eigenvalue weighted by atomic mass is 16.5. The number of benzene rings is 1. The Kier molecular flexibility index (Phi) is 8.42. The molecule has 3 aromatic rings. The van der Waals surface area contributed by atoms with E-state index in [-0.39, 0.29) is 17.2 Å². The standard InChI is InChI=1S/C30H36N6O4/c1-22-32-12-8-27(34-22)35-14-5-9-30(21-40-26-7-4-3-6-25(26)28(37)33-13-17-35)10-15-36(16-11-30)29(38)23-18-24(39-2)20-31-19-23/h3-4,6-8,12,18-20H,5,9-11,13-17,21H2,1-2H3,(H,33,37). The lowest BCUT2D eigenvalue weighted by molar-refractivity contribution is 0.0364. The number of fused-ring (bicyclic) bond motifs is 1. The van der Waals surface area contributed by atoms with Crippen LogP contribution < -0.4 is 19.7 Å². The lowest BCUT2D eigenvalue weighted by Gasteiger charge is -2.42. The highest BCUT2D eigenvalue weighted by molar-refractivity contribution is 5.97. The van der Waals surface area contributed by atoms with Gasteiger partial charge in [-0.1, -0.05) is 12.1 Å². The van der Waals surface area contributed by atoms with Gasteiger partial charge >= 0.3 is 0 Å². The summed E-state index contributed by atoms with van der Waals surface area (Å²) in [5.41, 5.74) is 0.922. The molecule has 2 aliphatic heterocycles. The highest BCUT2D eigenvalue weighted by Gasteiger charge is 2.37. The molecule has 1 saturated heterocycles. The smallest absolute Gasteiger partial charge is 0.255 e. The molecule has 10 nitrogen and oxygen atoms in total. The summed E-state index contributed by atoms with van der Waals surface area (Å²) in [5, 5.41) is 3.04. The Morgan fingerprint density at radius 2 is 1.90 bits per heavy atom. The van der Waals surface area contributed by atoms with Gasteiger partial charge in [-0.15, -0.1) is 0 Å². The Morgan fingerprint density at radius 1 is 1.07 bits per heavy atom. The predicted molar refractivity (Wildman–Crippen MR) is 151 cm³/mol. The fourth-order valence-electron chi connectivity index (χ4n) is 5.50. The number of anilines is 1. The summed E-state index contributed by atoms with van der Waals surface area (Å²) in [5.74, 6) is 2.52. The van der Waals surface area contributed by atoms with Gasteiger partial charge in [0, 0.05) is 50.5 Å². The molecule has 40 heavy (non-hydrogen) atoms. The summed E-state index contributed by atoms with van der Waals surface area (Å²) >= 11 is 0. The van der Waals surface area contributed by atoms with Gasteiger partial charge in [0.1, 0.15) is 23.1 Å². The van der Waals surface area contributed by atoms with E-state index in [4.69, 9.17) is 9.47 Å². The van der Waals surface area contributed by atoms with Crippen LogP contribution in [0.4, 0.5) is 5.82 Å². The van der Waals surface area contributed by atoms with Crippen molar-refractivity contribution in [1.82, 2.24) is 25.2 Å². The van der Waals surface area contributed by atoms with E-state index in [1.54, 1.807) is 37.8 Å². The number of pyridine rings is 1. The Balaban J connectivity index is 1.35. The van der Waals surface area contributed by atoms with Gasteiger partial charge in [-0.3, -0.25) is 14.6 Å². The third-order valence-corrected chi connectivity index (χ3v) is 7.86. The molecule has 0 bridgehead atoms. The number of para-hydroxylation sites is 1. The molecule has 2 aromatic heterocycles. The van der Waals surface area contributed by atoms with E-state index >= 15 is 0 Å². The maximum absolute atomic E-state index is 13.2. The minimum absolute atomic E-state index is 0.0425. The van der Waals surface area contributed by atoms with Crippen molar-refractivity contribution in [2.24, 2.45) is 5.41 Å². The molecule has 2 aliphatic rings. The minimum atomic E-state index is -0.157. The van der Waals surface area contributed by atoms with Crippen LogP contribution in [0.25, 0.3) is 0 Å². The molecule has 1 spiro atoms. The number of ether oxygens (including phenoxy) is 2. The van der Waals surface area contributed by atoms with Gasteiger partial charge < -0.3 is 24.6 Å². The number of carbonyl (C=O) groups excluding carboxylic acids is 2. The van der Waals surface area contributed by atoms with Crippen molar-refractivity contribution in [2.45, 2.75) is 32.6 Å². The second-order valence-corrected chi connectivity index (χ2v) is 10.5. The summed E-state index contributed by atoms with van der Waals surface area (Å²) in [6.45, 7) is 5.51. The quantitative estimate of drug-likeness (QED) is 0.534. The van der Waals surface area contributed by atoms with Crippen molar-refractivity contribution in [3.05, 3.63) is 71.9 Å². The van der Waals surface area contributed by atoms with Crippen molar-refractivity contribution in [1.29, 1.82) is 0 Å². The molecule has 1 fully saturated rings. The molecular weight excluding hydrogens is 508 g/mol. The lowest BCUT2D eigenvalue weighted by atomic mass is 9.75. The Bertz CT molecular complexity index is 1340. The monoisotopic (exact) mass is 544 g/mol. The molecule has 0 atom stereocenters. The second-order valence-electron chi connectivity index (χ2n) is 10.5. The zero-order valence-electron chi connectivity index (χ0n) is 23.1. The molecular formula is C30H36N6O4. The number of nitrogens with zero attached hydrogens (tertiary/aromatic N) is 5. The Labute approximate surface area is 234 Å². The van der Waals surface area contributed by atoms with Gasteiger partial charge in [-0.05, 0) is 56.9 Å². The van der Waals surface area contributed by atoms with Crippen molar-refractivity contribution >= 4 is 17.6 Å². The number of methoxy groups -OCH3 is 1. The molecule has 0 unspecified atom stereocenters. The van der Waals surface area contributed by atoms with Crippen molar-refractivity contribution in [3.8, 4) is 11.5 Å². The highest BCUT2D eigenvalue weighted by Crippen LogP contribution is 2.38. The molecule has 1 N–H and O–H groups in total. The van der Waals surface area contributed by atoms with E-state index in [9.17, 15) is 9.59 Å². The SMILES string of the molecule is COc1cncc(C(=O)N2CCC3(CCCN(c4ccnc(C)n4)CCNC(=O)c4ccccc4OC3)CC2)c1. The Morgan fingerprint density at radius 3 is 2.70 bits per heavy atom. The number of rotatable bonds is 3. The number of amides is 2. The van der Waals surface area contributed by atoms with Crippen LogP contribution >= 0.6 is 0 Å². The first-order valence-electron chi connectivity index (χ1n) is 13.8. The number of hydrogen-bond donors (Lipinski definition) is 1. The van der Waals surface area contributed by atoms with Crippen LogP contribution in [0.15, 0.2) is 55.0 Å². The van der Waals surface area contributed by atoms with Crippen LogP contribution in [-0.2, 0) is 0 Å². The molecule has 5 rings (SSSR count). The summed E-state index contributed by atoms with van der Waals surface area (Å²) in [7, 11) is 1.57. The van der Waals surface area contributed by atoms with E-state index in [0.717, 1.165) is 38.0 Å². The van der Waals surface area contributed by atoms with Gasteiger partial charge in [0.05, 0.1) is 31.0 Å². The lowest BCUT2D eigenvalue weighted by Crippen LogP contribution is -2.46. The maximum atomic E-state index is 13.2. The van der Waals surface area contributed by atoms with Gasteiger partial charge in [-0.25, -0.2) is 9.97 Å². The number of likely N-dealkylation sites (tertiary alicyclic amines) is 1. The van der Waals surface area contributed by atoms with Gasteiger partial charge in [0.2, 0.25) is 0 Å². The average molecular weight is 545 g/mol. The molecule has 4 heterocycles. The van der Waals surface area contributed by atoms with E-state index in [1.165, 1.54) is 0 Å². The second kappa shape index (κ2) is 12.3. The van der Waals surface area contributed by atoms with Crippen LogP contribution in [0, 0.1) is 12.3 Å². The number of nitrogens with one attached hydrogen (secondary N) is 1. The van der Waals surface area contributed by atoms with Crippen LogP contribution in [0.2, 0.25) is 0 Å².